The molecule has 1 rings (SSSR count). The minimum absolute atomic E-state index is 0.462. The number of benzene rings is 1. The smallest absolute Gasteiger partial charge is 0.0623 e. The van der Waals surface area contributed by atoms with Gasteiger partial charge in [0.25, 0.3) is 0 Å². The molecular formula is C6H4Cl2N2O. The lowest BCUT2D eigenvalue weighted by atomic mass is 10.3. The standard InChI is InChI=1S/C6H4Cl2N2O/c7-4-1-5(8)3-6(2-4)9-10-11/h1-3H,(H,9,11). The number of nitrogens with one attached hydrogen (secondary N) is 1. The average Bonchev–Trinajstić information content (AvgIpc) is 1.85. The fourth-order valence-corrected chi connectivity index (χ4v) is 1.20. The van der Waals surface area contributed by atoms with Gasteiger partial charge in [-0.2, -0.15) is 0 Å². The van der Waals surface area contributed by atoms with Crippen molar-refractivity contribution in [3.05, 3.63) is 33.2 Å². The molecule has 0 heterocycles. The zero-order valence-corrected chi connectivity index (χ0v) is 6.86. The van der Waals surface area contributed by atoms with Crippen molar-refractivity contribution in [3.8, 4) is 0 Å². The molecule has 0 amide bonds. The topological polar surface area (TPSA) is 41.5 Å². The maximum absolute atomic E-state index is 9.75. The second-order valence-electron chi connectivity index (χ2n) is 1.86. The van der Waals surface area contributed by atoms with Crippen LogP contribution >= 0.6 is 23.2 Å². The molecule has 11 heavy (non-hydrogen) atoms. The van der Waals surface area contributed by atoms with Gasteiger partial charge in [-0.05, 0) is 18.2 Å². The molecule has 58 valence electrons. The fourth-order valence-electron chi connectivity index (χ4n) is 0.671. The summed E-state index contributed by atoms with van der Waals surface area (Å²) in [6, 6.07) is 4.67. The highest BCUT2D eigenvalue weighted by Crippen LogP contribution is 2.22. The van der Waals surface area contributed by atoms with Crippen molar-refractivity contribution < 1.29 is 0 Å². The first-order valence-electron chi connectivity index (χ1n) is 2.77. The van der Waals surface area contributed by atoms with E-state index in [2.05, 4.69) is 10.7 Å². The molecule has 5 heteroatoms. The van der Waals surface area contributed by atoms with E-state index < -0.39 is 0 Å². The van der Waals surface area contributed by atoms with Crippen molar-refractivity contribution in [3.63, 3.8) is 0 Å². The SMILES string of the molecule is O=NNc1cc(Cl)cc(Cl)c1. The minimum Gasteiger partial charge on any atom is -0.242 e. The summed E-state index contributed by atoms with van der Waals surface area (Å²) in [4.78, 5) is 9.75. The molecule has 0 saturated heterocycles. The van der Waals surface area contributed by atoms with Crippen LogP contribution in [0, 0.1) is 4.91 Å². The van der Waals surface area contributed by atoms with Crippen molar-refractivity contribution in [2.24, 2.45) is 5.29 Å². The van der Waals surface area contributed by atoms with Crippen molar-refractivity contribution >= 4 is 28.9 Å². The van der Waals surface area contributed by atoms with E-state index in [1.54, 1.807) is 18.2 Å². The zero-order valence-electron chi connectivity index (χ0n) is 5.34. The van der Waals surface area contributed by atoms with Gasteiger partial charge in [-0.1, -0.05) is 23.2 Å². The molecule has 0 aliphatic rings. The second kappa shape index (κ2) is 3.55. The molecule has 0 spiro atoms. The number of halogens is 2. The molecular weight excluding hydrogens is 187 g/mol. The number of nitroso groups, excluding NO2 is 1. The van der Waals surface area contributed by atoms with Gasteiger partial charge in [-0.15, -0.1) is 4.91 Å². The Morgan fingerprint density at radius 3 is 2.18 bits per heavy atom. The van der Waals surface area contributed by atoms with Crippen LogP contribution in [0.3, 0.4) is 0 Å². The van der Waals surface area contributed by atoms with Gasteiger partial charge in [0.05, 0.1) is 11.0 Å². The van der Waals surface area contributed by atoms with Gasteiger partial charge in [0.1, 0.15) is 0 Å². The lowest BCUT2D eigenvalue weighted by Gasteiger charge is -1.97. The predicted octanol–water partition coefficient (Wildman–Crippen LogP) is 3.09. The fraction of sp³-hybridized carbons (Fsp3) is 0. The van der Waals surface area contributed by atoms with Crippen molar-refractivity contribution in [1.82, 2.24) is 0 Å². The van der Waals surface area contributed by atoms with Crippen LogP contribution in [0.2, 0.25) is 10.0 Å². The Labute approximate surface area is 73.3 Å². The van der Waals surface area contributed by atoms with Crippen LogP contribution in [-0.4, -0.2) is 0 Å². The molecule has 0 unspecified atom stereocenters. The van der Waals surface area contributed by atoms with Crippen LogP contribution < -0.4 is 5.43 Å². The van der Waals surface area contributed by atoms with Gasteiger partial charge >= 0.3 is 0 Å². The van der Waals surface area contributed by atoms with Gasteiger partial charge in [-0.3, -0.25) is 0 Å². The van der Waals surface area contributed by atoms with E-state index in [1.807, 2.05) is 0 Å². The maximum atomic E-state index is 9.75. The molecule has 0 bridgehead atoms. The molecule has 0 aliphatic carbocycles. The van der Waals surface area contributed by atoms with Crippen molar-refractivity contribution in [2.75, 3.05) is 5.43 Å². The summed E-state index contributed by atoms with van der Waals surface area (Å²) in [6.07, 6.45) is 0. The molecule has 0 atom stereocenters. The summed E-state index contributed by atoms with van der Waals surface area (Å²) in [5, 5.41) is 3.39. The number of rotatable bonds is 2. The molecule has 0 aromatic heterocycles. The molecule has 3 nitrogen and oxygen atoms in total. The van der Waals surface area contributed by atoms with E-state index >= 15 is 0 Å². The Bertz CT molecular complexity index is 257. The number of hydrogen-bond donors (Lipinski definition) is 1. The first kappa shape index (κ1) is 8.30. The van der Waals surface area contributed by atoms with Crippen LogP contribution in [0.4, 0.5) is 5.69 Å². The highest BCUT2D eigenvalue weighted by atomic mass is 35.5. The van der Waals surface area contributed by atoms with E-state index in [4.69, 9.17) is 23.2 Å². The molecule has 0 fully saturated rings. The molecule has 0 radical (unpaired) electrons. The molecule has 1 aromatic rings. The van der Waals surface area contributed by atoms with Crippen LogP contribution in [0.25, 0.3) is 0 Å². The van der Waals surface area contributed by atoms with Gasteiger partial charge in [0, 0.05) is 10.0 Å². The third-order valence-electron chi connectivity index (χ3n) is 1.04. The van der Waals surface area contributed by atoms with E-state index in [0.29, 0.717) is 15.7 Å². The first-order valence-corrected chi connectivity index (χ1v) is 3.52. The van der Waals surface area contributed by atoms with Crippen LogP contribution in [0.5, 0.6) is 0 Å². The molecule has 0 aliphatic heterocycles. The largest absolute Gasteiger partial charge is 0.242 e. The number of hydrogen-bond acceptors (Lipinski definition) is 2. The van der Waals surface area contributed by atoms with E-state index in [1.165, 1.54) is 0 Å². The lowest BCUT2D eigenvalue weighted by Crippen LogP contribution is -1.84. The minimum atomic E-state index is 0.462. The normalized spacial score (nSPS) is 9.27. The summed E-state index contributed by atoms with van der Waals surface area (Å²) in [7, 11) is 0. The van der Waals surface area contributed by atoms with E-state index in [9.17, 15) is 4.91 Å². The quantitative estimate of drug-likeness (QED) is 0.576. The Balaban J connectivity index is 2.98. The molecule has 1 N–H and O–H groups in total. The summed E-state index contributed by atoms with van der Waals surface area (Å²) in [5.74, 6) is 0. The van der Waals surface area contributed by atoms with Crippen LogP contribution in [0.1, 0.15) is 0 Å². The Morgan fingerprint density at radius 2 is 1.73 bits per heavy atom. The Morgan fingerprint density at radius 1 is 1.18 bits per heavy atom. The molecule has 1 aromatic carbocycles. The Kier molecular flexibility index (Phi) is 2.68. The van der Waals surface area contributed by atoms with E-state index in [-0.39, 0.29) is 0 Å². The Hall–Kier alpha value is -0.800. The van der Waals surface area contributed by atoms with Crippen LogP contribution in [0.15, 0.2) is 23.5 Å². The van der Waals surface area contributed by atoms with Crippen molar-refractivity contribution in [1.29, 1.82) is 0 Å². The van der Waals surface area contributed by atoms with Gasteiger partial charge in [0.2, 0.25) is 0 Å². The average molecular weight is 191 g/mol. The third kappa shape index (κ3) is 2.37. The first-order chi connectivity index (χ1) is 5.22. The van der Waals surface area contributed by atoms with Gasteiger partial charge < -0.3 is 0 Å². The highest BCUT2D eigenvalue weighted by Gasteiger charge is 1.95. The monoisotopic (exact) mass is 190 g/mol. The predicted molar refractivity (Wildman–Crippen MR) is 45.9 cm³/mol. The van der Waals surface area contributed by atoms with E-state index in [0.717, 1.165) is 0 Å². The molecule has 0 saturated carbocycles. The summed E-state index contributed by atoms with van der Waals surface area (Å²) in [5.41, 5.74) is 2.67. The third-order valence-corrected chi connectivity index (χ3v) is 1.47. The highest BCUT2D eigenvalue weighted by molar-refractivity contribution is 6.35. The zero-order chi connectivity index (χ0) is 8.27. The van der Waals surface area contributed by atoms with Gasteiger partial charge in [0.15, 0.2) is 0 Å². The summed E-state index contributed by atoms with van der Waals surface area (Å²) < 4.78 is 0. The van der Waals surface area contributed by atoms with Crippen LogP contribution in [-0.2, 0) is 0 Å². The number of nitrogens with zero attached hydrogens (tertiary/aromatic N) is 1. The van der Waals surface area contributed by atoms with Crippen molar-refractivity contribution in [2.45, 2.75) is 0 Å². The van der Waals surface area contributed by atoms with Gasteiger partial charge in [-0.25, -0.2) is 5.43 Å². The lowest BCUT2D eigenvalue weighted by molar-refractivity contribution is 1.32. The maximum Gasteiger partial charge on any atom is 0.0623 e. The summed E-state index contributed by atoms with van der Waals surface area (Å²) in [6.45, 7) is 0. The summed E-state index contributed by atoms with van der Waals surface area (Å²) >= 11 is 11.2. The number of anilines is 1. The second-order valence-corrected chi connectivity index (χ2v) is 2.73.